The Morgan fingerprint density at radius 2 is 2.33 bits per heavy atom. The first kappa shape index (κ1) is 12.2. The summed E-state index contributed by atoms with van der Waals surface area (Å²) < 4.78 is 0.707. The summed E-state index contributed by atoms with van der Waals surface area (Å²) in [4.78, 5) is 16.3. The predicted molar refractivity (Wildman–Crippen MR) is 59.4 cm³/mol. The average Bonchev–Trinajstić information content (AvgIpc) is 2.22. The molecule has 0 aromatic heterocycles. The van der Waals surface area contributed by atoms with Crippen LogP contribution in [0.1, 0.15) is 15.9 Å². The van der Waals surface area contributed by atoms with Crippen LogP contribution in [0.5, 0.6) is 0 Å². The van der Waals surface area contributed by atoms with E-state index in [0.717, 1.165) is 5.56 Å². The first-order valence-electron chi connectivity index (χ1n) is 4.44. The van der Waals surface area contributed by atoms with Crippen molar-refractivity contribution in [3.63, 3.8) is 0 Å². The molecule has 1 aromatic carbocycles. The second-order valence-corrected chi connectivity index (χ2v) is 3.84. The van der Waals surface area contributed by atoms with Crippen molar-refractivity contribution in [2.24, 2.45) is 0 Å². The Morgan fingerprint density at radius 3 is 3.00 bits per heavy atom. The van der Waals surface area contributed by atoms with Crippen molar-refractivity contribution in [2.45, 2.75) is 6.92 Å². The van der Waals surface area contributed by atoms with Gasteiger partial charge in [-0.15, -0.1) is 0 Å². The van der Waals surface area contributed by atoms with Gasteiger partial charge in [-0.25, -0.2) is 5.48 Å². The second kappa shape index (κ2) is 5.85. The van der Waals surface area contributed by atoms with Gasteiger partial charge >= 0.3 is 0 Å². The molecule has 0 saturated carbocycles. The van der Waals surface area contributed by atoms with Gasteiger partial charge in [0.15, 0.2) is 0 Å². The van der Waals surface area contributed by atoms with E-state index in [9.17, 15) is 4.79 Å². The summed E-state index contributed by atoms with van der Waals surface area (Å²) >= 11 is 3.27. The van der Waals surface area contributed by atoms with E-state index in [2.05, 4.69) is 21.4 Å². The quantitative estimate of drug-likeness (QED) is 0.644. The molecule has 4 nitrogen and oxygen atoms in total. The summed E-state index contributed by atoms with van der Waals surface area (Å²) in [6.45, 7) is 1.85. The lowest BCUT2D eigenvalue weighted by atomic mass is 10.1. The fraction of sp³-hybridized carbons (Fsp3) is 0.300. The molecule has 5 heteroatoms. The smallest absolute Gasteiger partial charge is 0.275 e. The van der Waals surface area contributed by atoms with Crippen LogP contribution in [-0.4, -0.2) is 24.2 Å². The number of halogens is 1. The first-order valence-corrected chi connectivity index (χ1v) is 5.23. The summed E-state index contributed by atoms with van der Waals surface area (Å²) in [6.07, 6.45) is 0. The number of aliphatic hydroxyl groups excluding tert-OH is 1. The van der Waals surface area contributed by atoms with E-state index in [1.807, 2.05) is 13.0 Å². The van der Waals surface area contributed by atoms with Crippen LogP contribution in [0.2, 0.25) is 0 Å². The first-order chi connectivity index (χ1) is 7.15. The number of hydroxylamine groups is 1. The number of nitrogens with one attached hydrogen (secondary N) is 1. The van der Waals surface area contributed by atoms with Crippen molar-refractivity contribution < 1.29 is 14.7 Å². The van der Waals surface area contributed by atoms with Gasteiger partial charge in [-0.3, -0.25) is 9.63 Å². The van der Waals surface area contributed by atoms with Crippen LogP contribution in [0.15, 0.2) is 22.7 Å². The molecule has 1 amide bonds. The van der Waals surface area contributed by atoms with Crippen LogP contribution in [0.3, 0.4) is 0 Å². The van der Waals surface area contributed by atoms with Gasteiger partial charge in [-0.1, -0.05) is 11.6 Å². The van der Waals surface area contributed by atoms with Crippen LogP contribution >= 0.6 is 15.9 Å². The van der Waals surface area contributed by atoms with E-state index in [1.165, 1.54) is 0 Å². The Hall–Kier alpha value is -0.910. The normalized spacial score (nSPS) is 10.1. The minimum absolute atomic E-state index is 0.0785. The van der Waals surface area contributed by atoms with Gasteiger partial charge in [0, 0.05) is 4.47 Å². The maximum absolute atomic E-state index is 11.5. The number of aliphatic hydroxyl groups is 1. The third kappa shape index (κ3) is 3.62. The van der Waals surface area contributed by atoms with E-state index in [4.69, 9.17) is 9.94 Å². The van der Waals surface area contributed by atoms with Gasteiger partial charge in [0.05, 0.1) is 18.8 Å². The Balaban J connectivity index is 2.68. The lowest BCUT2D eigenvalue weighted by Crippen LogP contribution is -2.25. The number of benzene rings is 1. The lowest BCUT2D eigenvalue weighted by Gasteiger charge is -2.06. The zero-order chi connectivity index (χ0) is 11.3. The zero-order valence-corrected chi connectivity index (χ0v) is 9.87. The standard InChI is InChI=1S/C10H12BrNO3/c1-7-2-3-9(11)8(6-7)10(14)12-15-5-4-13/h2-3,6,13H,4-5H2,1H3,(H,12,14). The van der Waals surface area contributed by atoms with E-state index >= 15 is 0 Å². The van der Waals surface area contributed by atoms with Crippen LogP contribution in [0, 0.1) is 6.92 Å². The summed E-state index contributed by atoms with van der Waals surface area (Å²) in [6, 6.07) is 5.45. The molecule has 15 heavy (non-hydrogen) atoms. The molecule has 1 rings (SSSR count). The number of aryl methyl sites for hydroxylation is 1. The highest BCUT2D eigenvalue weighted by Gasteiger charge is 2.09. The Kier molecular flexibility index (Phi) is 4.74. The summed E-state index contributed by atoms with van der Waals surface area (Å²) in [7, 11) is 0. The molecule has 0 unspecified atom stereocenters. The van der Waals surface area contributed by atoms with Gasteiger partial charge in [-0.05, 0) is 35.0 Å². The largest absolute Gasteiger partial charge is 0.394 e. The molecule has 0 bridgehead atoms. The van der Waals surface area contributed by atoms with Crippen LogP contribution in [-0.2, 0) is 4.84 Å². The lowest BCUT2D eigenvalue weighted by molar-refractivity contribution is 0.0167. The summed E-state index contributed by atoms with van der Waals surface area (Å²) in [5.41, 5.74) is 3.74. The summed E-state index contributed by atoms with van der Waals surface area (Å²) in [5, 5.41) is 8.46. The molecule has 1 aromatic rings. The monoisotopic (exact) mass is 273 g/mol. The number of carbonyl (C=O) groups excluding carboxylic acids is 1. The van der Waals surface area contributed by atoms with Crippen molar-refractivity contribution in [2.75, 3.05) is 13.2 Å². The predicted octanol–water partition coefficient (Wildman–Crippen LogP) is 1.41. The minimum Gasteiger partial charge on any atom is -0.394 e. The van der Waals surface area contributed by atoms with Crippen LogP contribution in [0.4, 0.5) is 0 Å². The molecule has 0 radical (unpaired) electrons. The van der Waals surface area contributed by atoms with Gasteiger partial charge in [-0.2, -0.15) is 0 Å². The highest BCUT2D eigenvalue weighted by atomic mass is 79.9. The Morgan fingerprint density at radius 1 is 1.60 bits per heavy atom. The van der Waals surface area contributed by atoms with Gasteiger partial charge < -0.3 is 5.11 Å². The highest BCUT2D eigenvalue weighted by molar-refractivity contribution is 9.10. The van der Waals surface area contributed by atoms with Crippen molar-refractivity contribution in [3.05, 3.63) is 33.8 Å². The fourth-order valence-corrected chi connectivity index (χ4v) is 1.46. The number of rotatable bonds is 4. The van der Waals surface area contributed by atoms with E-state index in [0.29, 0.717) is 10.0 Å². The van der Waals surface area contributed by atoms with Crippen molar-refractivity contribution >= 4 is 21.8 Å². The molecule has 0 fully saturated rings. The number of carbonyl (C=O) groups is 1. The molecule has 0 atom stereocenters. The topological polar surface area (TPSA) is 58.6 Å². The highest BCUT2D eigenvalue weighted by Crippen LogP contribution is 2.17. The maximum Gasteiger partial charge on any atom is 0.275 e. The third-order valence-corrected chi connectivity index (χ3v) is 2.42. The van der Waals surface area contributed by atoms with Gasteiger partial charge in [0.2, 0.25) is 0 Å². The molecule has 0 heterocycles. The second-order valence-electron chi connectivity index (χ2n) is 2.99. The van der Waals surface area contributed by atoms with E-state index in [-0.39, 0.29) is 19.1 Å². The fourth-order valence-electron chi connectivity index (χ4n) is 1.03. The Bertz CT molecular complexity index is 355. The van der Waals surface area contributed by atoms with Gasteiger partial charge in [0.25, 0.3) is 5.91 Å². The van der Waals surface area contributed by atoms with Crippen molar-refractivity contribution in [3.8, 4) is 0 Å². The van der Waals surface area contributed by atoms with Crippen LogP contribution in [0.25, 0.3) is 0 Å². The molecular weight excluding hydrogens is 262 g/mol. The molecule has 82 valence electrons. The number of amides is 1. The molecule has 0 aliphatic carbocycles. The molecular formula is C10H12BrNO3. The number of hydrogen-bond acceptors (Lipinski definition) is 3. The third-order valence-electron chi connectivity index (χ3n) is 1.72. The minimum atomic E-state index is -0.334. The summed E-state index contributed by atoms with van der Waals surface area (Å²) in [5.74, 6) is -0.334. The van der Waals surface area contributed by atoms with Crippen molar-refractivity contribution in [1.82, 2.24) is 5.48 Å². The van der Waals surface area contributed by atoms with Crippen molar-refractivity contribution in [1.29, 1.82) is 0 Å². The Labute approximate surface area is 96.3 Å². The average molecular weight is 274 g/mol. The molecule has 0 saturated heterocycles. The molecule has 0 aliphatic heterocycles. The number of hydrogen-bond donors (Lipinski definition) is 2. The molecule has 2 N–H and O–H groups in total. The molecule has 0 aliphatic rings. The zero-order valence-electron chi connectivity index (χ0n) is 8.29. The molecule has 0 spiro atoms. The maximum atomic E-state index is 11.5. The SMILES string of the molecule is Cc1ccc(Br)c(C(=O)NOCCO)c1. The van der Waals surface area contributed by atoms with E-state index in [1.54, 1.807) is 12.1 Å². The van der Waals surface area contributed by atoms with Crippen LogP contribution < -0.4 is 5.48 Å². The van der Waals surface area contributed by atoms with E-state index < -0.39 is 0 Å². The van der Waals surface area contributed by atoms with Gasteiger partial charge in [0.1, 0.15) is 0 Å².